The van der Waals surface area contributed by atoms with E-state index in [0.29, 0.717) is 5.92 Å². The van der Waals surface area contributed by atoms with Crippen LogP contribution in [0.5, 0.6) is 0 Å². The van der Waals surface area contributed by atoms with E-state index in [1.807, 2.05) is 6.20 Å². The van der Waals surface area contributed by atoms with Gasteiger partial charge in [-0.25, -0.2) is 0 Å². The molecule has 1 aliphatic rings. The van der Waals surface area contributed by atoms with Crippen LogP contribution in [0.3, 0.4) is 0 Å². The molecule has 0 spiro atoms. The van der Waals surface area contributed by atoms with Gasteiger partial charge in [0.2, 0.25) is 0 Å². The highest BCUT2D eigenvalue weighted by Gasteiger charge is 2.37. The van der Waals surface area contributed by atoms with Gasteiger partial charge in [0.25, 0.3) is 0 Å². The fourth-order valence-electron chi connectivity index (χ4n) is 3.02. The highest BCUT2D eigenvalue weighted by atomic mass is 79.9. The molecule has 3 heteroatoms. The van der Waals surface area contributed by atoms with Crippen LogP contribution in [0.25, 0.3) is 0 Å². The van der Waals surface area contributed by atoms with Crippen molar-refractivity contribution < 1.29 is 5.11 Å². The maximum absolute atomic E-state index is 10.8. The lowest BCUT2D eigenvalue weighted by Crippen LogP contribution is -2.42. The third-order valence-corrected chi connectivity index (χ3v) is 4.37. The smallest absolute Gasteiger partial charge is 0.0716 e. The molecule has 2 rings (SSSR count). The zero-order valence-electron chi connectivity index (χ0n) is 10.3. The molecule has 1 aromatic rings. The summed E-state index contributed by atoms with van der Waals surface area (Å²) in [6.07, 6.45) is 9.95. The normalized spacial score (nSPS) is 29.2. The van der Waals surface area contributed by atoms with Crippen LogP contribution in [0.1, 0.15) is 44.6 Å². The van der Waals surface area contributed by atoms with Gasteiger partial charge in [0.05, 0.1) is 5.60 Å². The van der Waals surface area contributed by atoms with Crippen molar-refractivity contribution in [1.82, 2.24) is 4.98 Å². The van der Waals surface area contributed by atoms with Gasteiger partial charge in [-0.15, -0.1) is 0 Å². The Balaban J connectivity index is 2.14. The van der Waals surface area contributed by atoms with Crippen LogP contribution < -0.4 is 0 Å². The van der Waals surface area contributed by atoms with Gasteiger partial charge < -0.3 is 5.11 Å². The van der Waals surface area contributed by atoms with Crippen LogP contribution in [0.15, 0.2) is 22.9 Å². The molecule has 1 N–H and O–H groups in total. The van der Waals surface area contributed by atoms with Crippen molar-refractivity contribution in [3.8, 4) is 0 Å². The van der Waals surface area contributed by atoms with Gasteiger partial charge in [0, 0.05) is 23.3 Å². The third kappa shape index (κ3) is 3.08. The first-order chi connectivity index (χ1) is 8.14. The van der Waals surface area contributed by atoms with E-state index in [4.69, 9.17) is 0 Å². The van der Waals surface area contributed by atoms with E-state index in [1.54, 1.807) is 6.20 Å². The molecule has 0 radical (unpaired) electrons. The summed E-state index contributed by atoms with van der Waals surface area (Å²) < 4.78 is 0.988. The number of aliphatic hydroxyl groups is 1. The van der Waals surface area contributed by atoms with Gasteiger partial charge in [-0.1, -0.05) is 26.2 Å². The Bertz CT molecular complexity index is 382. The SMILES string of the molecule is CCC1CCCCC1(O)Cc1cncc(Br)c1. The second-order valence-corrected chi connectivity index (χ2v) is 6.06. The molecule has 0 aromatic carbocycles. The van der Waals surface area contributed by atoms with Gasteiger partial charge in [-0.2, -0.15) is 0 Å². The van der Waals surface area contributed by atoms with E-state index in [1.165, 1.54) is 6.42 Å². The van der Waals surface area contributed by atoms with E-state index in [0.717, 1.165) is 42.1 Å². The molecule has 1 aliphatic carbocycles. The number of hydrogen-bond donors (Lipinski definition) is 1. The summed E-state index contributed by atoms with van der Waals surface area (Å²) >= 11 is 3.43. The maximum atomic E-state index is 10.8. The average Bonchev–Trinajstić information content (AvgIpc) is 2.29. The van der Waals surface area contributed by atoms with Gasteiger partial charge in [0.1, 0.15) is 0 Å². The minimum atomic E-state index is -0.518. The molecule has 0 amide bonds. The van der Waals surface area contributed by atoms with E-state index in [-0.39, 0.29) is 0 Å². The summed E-state index contributed by atoms with van der Waals surface area (Å²) in [4.78, 5) is 4.17. The molecule has 2 unspecified atom stereocenters. The molecule has 1 heterocycles. The molecule has 1 saturated carbocycles. The van der Waals surface area contributed by atoms with Gasteiger partial charge in [-0.3, -0.25) is 4.98 Å². The molecular formula is C14H20BrNO. The molecule has 0 aliphatic heterocycles. The number of nitrogens with zero attached hydrogens (tertiary/aromatic N) is 1. The predicted octanol–water partition coefficient (Wildman–Crippen LogP) is 3.72. The minimum Gasteiger partial charge on any atom is -0.389 e. The zero-order valence-corrected chi connectivity index (χ0v) is 11.9. The number of halogens is 1. The van der Waals surface area contributed by atoms with E-state index in [2.05, 4.69) is 33.9 Å². The van der Waals surface area contributed by atoms with E-state index >= 15 is 0 Å². The maximum Gasteiger partial charge on any atom is 0.0716 e. The highest BCUT2D eigenvalue weighted by molar-refractivity contribution is 9.10. The molecule has 17 heavy (non-hydrogen) atoms. The van der Waals surface area contributed by atoms with E-state index in [9.17, 15) is 5.11 Å². The van der Waals surface area contributed by atoms with E-state index < -0.39 is 5.60 Å². The molecular weight excluding hydrogens is 278 g/mol. The summed E-state index contributed by atoms with van der Waals surface area (Å²) in [5.41, 5.74) is 0.609. The molecule has 1 fully saturated rings. The zero-order chi connectivity index (χ0) is 12.3. The first-order valence-electron chi connectivity index (χ1n) is 6.46. The second-order valence-electron chi connectivity index (χ2n) is 5.14. The summed E-state index contributed by atoms with van der Waals surface area (Å²) in [7, 11) is 0. The molecule has 0 bridgehead atoms. The van der Waals surface area contributed by atoms with Crippen molar-refractivity contribution in [2.75, 3.05) is 0 Å². The number of aromatic nitrogens is 1. The van der Waals surface area contributed by atoms with Crippen LogP contribution in [-0.4, -0.2) is 15.7 Å². The van der Waals surface area contributed by atoms with Gasteiger partial charge in [-0.05, 0) is 46.3 Å². The van der Waals surface area contributed by atoms with Gasteiger partial charge >= 0.3 is 0 Å². The Labute approximate surface area is 112 Å². The Morgan fingerprint density at radius 2 is 2.29 bits per heavy atom. The Morgan fingerprint density at radius 3 is 3.00 bits per heavy atom. The largest absolute Gasteiger partial charge is 0.389 e. The standard InChI is InChI=1S/C14H20BrNO/c1-2-12-5-3-4-6-14(12,17)8-11-7-13(15)10-16-9-11/h7,9-10,12,17H,2-6,8H2,1H3. The van der Waals surface area contributed by atoms with Gasteiger partial charge in [0.15, 0.2) is 0 Å². The van der Waals surface area contributed by atoms with Crippen LogP contribution in [0, 0.1) is 5.92 Å². The summed E-state index contributed by atoms with van der Waals surface area (Å²) in [6, 6.07) is 2.06. The monoisotopic (exact) mass is 297 g/mol. The van der Waals surface area contributed by atoms with Crippen molar-refractivity contribution in [2.24, 2.45) is 5.92 Å². The number of hydrogen-bond acceptors (Lipinski definition) is 2. The van der Waals surface area contributed by atoms with Crippen LogP contribution in [-0.2, 0) is 6.42 Å². The first kappa shape index (κ1) is 13.0. The molecule has 94 valence electrons. The van der Waals surface area contributed by atoms with Crippen molar-refractivity contribution >= 4 is 15.9 Å². The highest BCUT2D eigenvalue weighted by Crippen LogP contribution is 2.38. The lowest BCUT2D eigenvalue weighted by Gasteiger charge is -2.40. The predicted molar refractivity (Wildman–Crippen MR) is 72.8 cm³/mol. The van der Waals surface area contributed by atoms with Crippen LogP contribution in [0.4, 0.5) is 0 Å². The fourth-order valence-corrected chi connectivity index (χ4v) is 3.43. The first-order valence-corrected chi connectivity index (χ1v) is 7.25. The second kappa shape index (κ2) is 5.49. The Kier molecular flexibility index (Phi) is 4.21. The third-order valence-electron chi connectivity index (χ3n) is 3.94. The van der Waals surface area contributed by atoms with Crippen molar-refractivity contribution in [1.29, 1.82) is 0 Å². The summed E-state index contributed by atoms with van der Waals surface area (Å²) in [6.45, 7) is 2.18. The number of pyridine rings is 1. The van der Waals surface area contributed by atoms with Crippen molar-refractivity contribution in [2.45, 2.75) is 51.0 Å². The lowest BCUT2D eigenvalue weighted by molar-refractivity contribution is -0.0491. The Hall–Kier alpha value is -0.410. The quantitative estimate of drug-likeness (QED) is 0.922. The molecule has 2 nitrogen and oxygen atoms in total. The van der Waals surface area contributed by atoms with Crippen LogP contribution >= 0.6 is 15.9 Å². The summed E-state index contributed by atoms with van der Waals surface area (Å²) in [5, 5.41) is 10.8. The van der Waals surface area contributed by atoms with Crippen molar-refractivity contribution in [3.05, 3.63) is 28.5 Å². The molecule has 2 atom stereocenters. The average molecular weight is 298 g/mol. The minimum absolute atomic E-state index is 0.440. The number of rotatable bonds is 3. The fraction of sp³-hybridized carbons (Fsp3) is 0.643. The Morgan fingerprint density at radius 1 is 1.47 bits per heavy atom. The van der Waals surface area contributed by atoms with Crippen LogP contribution in [0.2, 0.25) is 0 Å². The lowest BCUT2D eigenvalue weighted by atomic mass is 9.71. The topological polar surface area (TPSA) is 33.1 Å². The summed E-state index contributed by atoms with van der Waals surface area (Å²) in [5.74, 6) is 0.440. The molecule has 0 saturated heterocycles. The van der Waals surface area contributed by atoms with Crippen molar-refractivity contribution in [3.63, 3.8) is 0 Å². The molecule has 1 aromatic heterocycles.